The van der Waals surface area contributed by atoms with Crippen LogP contribution in [0, 0.1) is 5.41 Å². The maximum Gasteiger partial charge on any atom is 0.406 e. The Kier molecular flexibility index (Phi) is 7.87. The number of nitrogens with zero attached hydrogens (tertiary/aromatic N) is 1. The quantitative estimate of drug-likeness (QED) is 0.343. The minimum Gasteiger partial charge on any atom is -0.368 e. The van der Waals surface area contributed by atoms with Gasteiger partial charge in [-0.2, -0.15) is 0 Å². The van der Waals surface area contributed by atoms with E-state index in [4.69, 9.17) is 30.1 Å². The molecule has 204 valence electrons. The highest BCUT2D eigenvalue weighted by Crippen LogP contribution is 2.57. The van der Waals surface area contributed by atoms with Gasteiger partial charge in [-0.25, -0.2) is 18.8 Å². The Hall–Kier alpha value is -1.89. The standard InChI is InChI=1S/C23H30ClFN3O8P/c1-13(29)34-19-16(35-20(23(19,4)25)28-9-8-17(30)27-21(28)31)11-33-37(32)26-12-22(2,3)18(36-37)14-6-5-7-15(24)10-14/h5-10,13,16,18-20,29H,11-12H2,1-4H3,(H,26,32)(H,27,30,31)/t13?,16-,18?,19-,20-,23-,37?/m1/s1. The maximum absolute atomic E-state index is 16.0. The Labute approximate surface area is 217 Å². The fraction of sp³-hybridized carbons (Fsp3) is 0.565. The molecule has 1 aromatic carbocycles. The molecule has 37 heavy (non-hydrogen) atoms. The monoisotopic (exact) mass is 561 g/mol. The minimum atomic E-state index is -3.92. The van der Waals surface area contributed by atoms with Gasteiger partial charge in [0.1, 0.15) is 12.2 Å². The summed E-state index contributed by atoms with van der Waals surface area (Å²) >= 11 is 6.14. The minimum absolute atomic E-state index is 0.275. The van der Waals surface area contributed by atoms with Crippen LogP contribution in [-0.2, 0) is 23.1 Å². The highest BCUT2D eigenvalue weighted by atomic mass is 35.5. The van der Waals surface area contributed by atoms with Crippen LogP contribution in [0.3, 0.4) is 0 Å². The largest absolute Gasteiger partial charge is 0.406 e. The van der Waals surface area contributed by atoms with E-state index < -0.39 is 67.5 Å². The Bertz CT molecular complexity index is 1300. The molecule has 4 rings (SSSR count). The Morgan fingerprint density at radius 3 is 2.70 bits per heavy atom. The van der Waals surface area contributed by atoms with E-state index in [0.29, 0.717) is 10.6 Å². The molecular formula is C23H30ClFN3O8P. The van der Waals surface area contributed by atoms with E-state index in [9.17, 15) is 19.3 Å². The molecule has 3 unspecified atom stereocenters. The number of aromatic nitrogens is 2. The number of aliphatic hydroxyl groups excluding tert-OH is 1. The van der Waals surface area contributed by atoms with Crippen LogP contribution < -0.4 is 16.3 Å². The Morgan fingerprint density at radius 1 is 1.32 bits per heavy atom. The SMILES string of the molecule is CC(O)O[C@@H]1[C@@H](COP2(=O)NCC(C)(C)C(c3cccc(Cl)c3)O2)O[C@@H](n2ccc(=O)[nH]c2=O)[C@]1(C)F. The van der Waals surface area contributed by atoms with Crippen molar-refractivity contribution in [3.8, 4) is 0 Å². The van der Waals surface area contributed by atoms with Crippen molar-refractivity contribution in [3.63, 3.8) is 0 Å². The van der Waals surface area contributed by atoms with Crippen LogP contribution in [0.4, 0.5) is 4.39 Å². The lowest BCUT2D eigenvalue weighted by atomic mass is 9.83. The lowest BCUT2D eigenvalue weighted by Gasteiger charge is -2.42. The third kappa shape index (κ3) is 5.91. The summed E-state index contributed by atoms with van der Waals surface area (Å²) < 4.78 is 53.2. The van der Waals surface area contributed by atoms with Gasteiger partial charge in [0.2, 0.25) is 0 Å². The van der Waals surface area contributed by atoms with Crippen molar-refractivity contribution in [3.05, 3.63) is 68.0 Å². The molecule has 0 radical (unpaired) electrons. The maximum atomic E-state index is 16.0. The van der Waals surface area contributed by atoms with Crippen molar-refractivity contribution in [1.82, 2.24) is 14.6 Å². The van der Waals surface area contributed by atoms with E-state index in [2.05, 4.69) is 5.09 Å². The first-order valence-electron chi connectivity index (χ1n) is 11.6. The van der Waals surface area contributed by atoms with Crippen LogP contribution in [0.2, 0.25) is 5.02 Å². The molecular weight excluding hydrogens is 532 g/mol. The molecule has 2 fully saturated rings. The van der Waals surface area contributed by atoms with E-state index in [1.165, 1.54) is 6.92 Å². The number of H-pyrrole nitrogens is 1. The van der Waals surface area contributed by atoms with Crippen LogP contribution in [0.5, 0.6) is 0 Å². The van der Waals surface area contributed by atoms with Gasteiger partial charge in [0.25, 0.3) is 5.56 Å². The zero-order chi connectivity index (χ0) is 27.2. The average molecular weight is 562 g/mol. The molecule has 3 heterocycles. The van der Waals surface area contributed by atoms with Gasteiger partial charge in [-0.3, -0.25) is 23.4 Å². The number of aromatic amines is 1. The van der Waals surface area contributed by atoms with Gasteiger partial charge in [-0.15, -0.1) is 0 Å². The zero-order valence-corrected chi connectivity index (χ0v) is 22.4. The summed E-state index contributed by atoms with van der Waals surface area (Å²) in [6.45, 7) is 6.11. The first-order valence-corrected chi connectivity index (χ1v) is 13.6. The summed E-state index contributed by atoms with van der Waals surface area (Å²) in [6.07, 6.45) is -5.08. The smallest absolute Gasteiger partial charge is 0.368 e. The van der Waals surface area contributed by atoms with E-state index in [1.54, 1.807) is 18.2 Å². The fourth-order valence-electron chi connectivity index (χ4n) is 4.52. The molecule has 0 aliphatic carbocycles. The number of rotatable bonds is 7. The molecule has 3 N–H and O–H groups in total. The lowest BCUT2D eigenvalue weighted by molar-refractivity contribution is -0.167. The zero-order valence-electron chi connectivity index (χ0n) is 20.7. The Morgan fingerprint density at radius 2 is 2.05 bits per heavy atom. The first-order chi connectivity index (χ1) is 17.2. The average Bonchev–Trinajstić information content (AvgIpc) is 3.04. The number of alkyl halides is 1. The molecule has 14 heteroatoms. The third-order valence-corrected chi connectivity index (χ3v) is 8.13. The highest BCUT2D eigenvalue weighted by Gasteiger charge is 2.58. The molecule has 0 spiro atoms. The van der Waals surface area contributed by atoms with Crippen molar-refractivity contribution in [2.45, 2.75) is 64.2 Å². The molecule has 2 aromatic rings. The van der Waals surface area contributed by atoms with Gasteiger partial charge in [-0.05, 0) is 31.5 Å². The molecule has 2 saturated heterocycles. The molecule has 0 saturated carbocycles. The van der Waals surface area contributed by atoms with Gasteiger partial charge in [0.05, 0.1) is 12.7 Å². The summed E-state index contributed by atoms with van der Waals surface area (Å²) in [4.78, 5) is 25.8. The number of nitrogens with one attached hydrogen (secondary N) is 2. The Balaban J connectivity index is 1.56. The molecule has 0 amide bonds. The second-order valence-electron chi connectivity index (χ2n) is 10.0. The lowest BCUT2D eigenvalue weighted by Crippen LogP contribution is -2.46. The van der Waals surface area contributed by atoms with Gasteiger partial charge >= 0.3 is 13.4 Å². The molecule has 2 aliphatic heterocycles. The fourth-order valence-corrected chi connectivity index (χ4v) is 6.58. The number of aliphatic hydroxyl groups is 1. The van der Waals surface area contributed by atoms with Crippen LogP contribution >= 0.6 is 19.3 Å². The predicted molar refractivity (Wildman–Crippen MR) is 132 cm³/mol. The summed E-state index contributed by atoms with van der Waals surface area (Å²) in [5, 5.41) is 13.1. The first kappa shape index (κ1) is 28.1. The summed E-state index contributed by atoms with van der Waals surface area (Å²) in [5.41, 5.74) is -3.67. The number of ether oxygens (including phenoxy) is 2. The van der Waals surface area contributed by atoms with Gasteiger partial charge < -0.3 is 14.6 Å². The summed E-state index contributed by atoms with van der Waals surface area (Å²) in [5.74, 6) is 0. The van der Waals surface area contributed by atoms with Gasteiger partial charge in [0.15, 0.2) is 18.2 Å². The topological polar surface area (TPSA) is 141 Å². The number of hydrogen-bond acceptors (Lipinski definition) is 8. The van der Waals surface area contributed by atoms with Crippen molar-refractivity contribution >= 4 is 19.3 Å². The van der Waals surface area contributed by atoms with Crippen LogP contribution in [-0.4, -0.2) is 52.0 Å². The van der Waals surface area contributed by atoms with Crippen LogP contribution in [0.15, 0.2) is 46.1 Å². The normalized spacial score (nSPS) is 34.4. The molecule has 7 atom stereocenters. The van der Waals surface area contributed by atoms with Gasteiger partial charge in [-0.1, -0.05) is 37.6 Å². The summed E-state index contributed by atoms with van der Waals surface area (Å²) in [7, 11) is -3.92. The molecule has 0 bridgehead atoms. The van der Waals surface area contributed by atoms with Gasteiger partial charge in [0, 0.05) is 29.2 Å². The second-order valence-corrected chi connectivity index (χ2v) is 12.2. The van der Waals surface area contributed by atoms with Crippen molar-refractivity contribution in [2.75, 3.05) is 13.2 Å². The van der Waals surface area contributed by atoms with E-state index in [1.807, 2.05) is 24.9 Å². The molecule has 11 nitrogen and oxygen atoms in total. The number of halogens is 2. The van der Waals surface area contributed by atoms with E-state index in [0.717, 1.165) is 23.8 Å². The highest BCUT2D eigenvalue weighted by molar-refractivity contribution is 7.51. The van der Waals surface area contributed by atoms with Crippen molar-refractivity contribution in [2.24, 2.45) is 5.41 Å². The predicted octanol–water partition coefficient (Wildman–Crippen LogP) is 3.05. The second kappa shape index (κ2) is 10.3. The molecule has 2 aliphatic rings. The van der Waals surface area contributed by atoms with Crippen LogP contribution in [0.25, 0.3) is 0 Å². The van der Waals surface area contributed by atoms with E-state index >= 15 is 4.39 Å². The van der Waals surface area contributed by atoms with Crippen molar-refractivity contribution < 1.29 is 32.6 Å². The number of hydrogen-bond donors (Lipinski definition) is 3. The number of benzene rings is 1. The van der Waals surface area contributed by atoms with Crippen molar-refractivity contribution in [1.29, 1.82) is 0 Å². The molecule has 1 aromatic heterocycles. The van der Waals surface area contributed by atoms with E-state index in [-0.39, 0.29) is 6.54 Å². The third-order valence-electron chi connectivity index (χ3n) is 6.37. The summed E-state index contributed by atoms with van der Waals surface area (Å²) in [6, 6.07) is 8.05. The van der Waals surface area contributed by atoms with Crippen LogP contribution in [0.1, 0.15) is 45.6 Å².